The molecule has 0 fully saturated rings. The predicted octanol–water partition coefficient (Wildman–Crippen LogP) is 5.42. The van der Waals surface area contributed by atoms with Gasteiger partial charge in [-0.05, 0) is 67.6 Å². The van der Waals surface area contributed by atoms with Crippen LogP contribution in [0, 0.1) is 12.8 Å². The van der Waals surface area contributed by atoms with Crippen LogP contribution in [0.25, 0.3) is 0 Å². The van der Waals surface area contributed by atoms with Gasteiger partial charge >= 0.3 is 0 Å². The number of aromatic nitrogens is 1. The molecule has 1 aromatic carbocycles. The van der Waals surface area contributed by atoms with E-state index in [4.69, 9.17) is 8.61 Å². The van der Waals surface area contributed by atoms with Gasteiger partial charge in [-0.3, -0.25) is 9.17 Å². The summed E-state index contributed by atoms with van der Waals surface area (Å²) < 4.78 is 37.5. The van der Waals surface area contributed by atoms with E-state index < -0.39 is 18.4 Å². The zero-order chi connectivity index (χ0) is 21.8. The Morgan fingerprint density at radius 2 is 1.73 bits per heavy atom. The van der Waals surface area contributed by atoms with Gasteiger partial charge in [0.15, 0.2) is 8.32 Å². The van der Waals surface area contributed by atoms with Crippen molar-refractivity contribution < 1.29 is 17.0 Å². The van der Waals surface area contributed by atoms with Gasteiger partial charge < -0.3 is 4.43 Å². The van der Waals surface area contributed by atoms with Crippen LogP contribution < -0.4 is 0 Å². The van der Waals surface area contributed by atoms with Gasteiger partial charge in [0.1, 0.15) is 0 Å². The molecule has 2 aromatic rings. The second-order valence-corrected chi connectivity index (χ2v) is 14.6. The van der Waals surface area contributed by atoms with Crippen molar-refractivity contribution in [3.8, 4) is 0 Å². The fourth-order valence-corrected chi connectivity index (χ4v) is 8.00. The van der Waals surface area contributed by atoms with Crippen LogP contribution in [0.1, 0.15) is 50.1 Å². The zero-order valence-electron chi connectivity index (χ0n) is 18.4. The minimum Gasteiger partial charge on any atom is -0.408 e. The van der Waals surface area contributed by atoms with Gasteiger partial charge in [-0.25, -0.2) is 0 Å². The lowest BCUT2D eigenvalue weighted by atomic mass is 9.85. The van der Waals surface area contributed by atoms with E-state index in [0.717, 1.165) is 47.8 Å². The van der Waals surface area contributed by atoms with Crippen LogP contribution in [0.4, 0.5) is 0 Å². The largest absolute Gasteiger partial charge is 0.408 e. The summed E-state index contributed by atoms with van der Waals surface area (Å²) in [5.74, 6) is 0.0733. The Morgan fingerprint density at radius 1 is 1.07 bits per heavy atom. The Morgan fingerprint density at radius 3 is 2.37 bits per heavy atom. The average molecular weight is 448 g/mol. The van der Waals surface area contributed by atoms with Crippen molar-refractivity contribution in [2.24, 2.45) is 5.92 Å². The zero-order valence-corrected chi connectivity index (χ0v) is 20.2. The van der Waals surface area contributed by atoms with E-state index in [-0.39, 0.29) is 23.5 Å². The summed E-state index contributed by atoms with van der Waals surface area (Å²) in [6.07, 6.45) is 3.23. The van der Waals surface area contributed by atoms with Crippen LogP contribution >= 0.6 is 0 Å². The number of pyridine rings is 1. The maximum absolute atomic E-state index is 12.6. The molecule has 0 saturated carbocycles. The summed E-state index contributed by atoms with van der Waals surface area (Å²) in [4.78, 5) is 4.83. The summed E-state index contributed by atoms with van der Waals surface area (Å²) in [5, 5.41) is 0. The first-order valence-corrected chi connectivity index (χ1v) is 14.8. The molecule has 0 bridgehead atoms. The molecule has 2 atom stereocenters. The molecule has 5 nitrogen and oxygen atoms in total. The molecular weight excluding hydrogens is 414 g/mol. The Kier molecular flexibility index (Phi) is 7.50. The Hall–Kier alpha value is -1.54. The normalized spacial score (nSPS) is 19.5. The molecule has 1 heterocycles. The first-order chi connectivity index (χ1) is 14.3. The molecule has 1 aliphatic carbocycles. The quantitative estimate of drug-likeness (QED) is 0.379. The van der Waals surface area contributed by atoms with Crippen molar-refractivity contribution in [1.82, 2.24) is 4.98 Å². The minimum absolute atomic E-state index is 0.0733. The third-order valence-corrected chi connectivity index (χ3v) is 12.3. The van der Waals surface area contributed by atoms with Crippen LogP contribution in [0.5, 0.6) is 0 Å². The van der Waals surface area contributed by atoms with E-state index in [1.54, 1.807) is 24.3 Å². The molecule has 0 saturated heterocycles. The van der Waals surface area contributed by atoms with Gasteiger partial charge in [-0.2, -0.15) is 8.42 Å². The molecule has 0 radical (unpaired) electrons. The molecule has 0 amide bonds. The third kappa shape index (κ3) is 5.19. The van der Waals surface area contributed by atoms with E-state index in [9.17, 15) is 8.42 Å². The highest BCUT2D eigenvalue weighted by molar-refractivity contribution is 7.86. The molecule has 2 unspecified atom stereocenters. The van der Waals surface area contributed by atoms with E-state index in [1.807, 2.05) is 19.2 Å². The number of aryl methyl sites for hydroxylation is 1. The molecule has 164 valence electrons. The number of hydrogen-bond acceptors (Lipinski definition) is 5. The maximum Gasteiger partial charge on any atom is 0.296 e. The first kappa shape index (κ1) is 23.1. The van der Waals surface area contributed by atoms with Gasteiger partial charge in [-0.1, -0.05) is 44.5 Å². The maximum atomic E-state index is 12.6. The fourth-order valence-electron chi connectivity index (χ4n) is 4.21. The summed E-state index contributed by atoms with van der Waals surface area (Å²) in [6.45, 7) is 8.74. The van der Waals surface area contributed by atoms with Crippen molar-refractivity contribution in [2.45, 2.75) is 69.7 Å². The van der Waals surface area contributed by atoms with Crippen LogP contribution in [-0.4, -0.2) is 28.3 Å². The molecule has 0 spiro atoms. The number of nitrogens with zero attached hydrogens (tertiary/aromatic N) is 1. The lowest BCUT2D eigenvalue weighted by Crippen LogP contribution is -2.39. The Balaban J connectivity index is 1.76. The number of hydrogen-bond donors (Lipinski definition) is 0. The first-order valence-electron chi connectivity index (χ1n) is 10.9. The number of rotatable bonds is 9. The molecule has 0 N–H and O–H groups in total. The Bertz CT molecular complexity index is 934. The van der Waals surface area contributed by atoms with Crippen molar-refractivity contribution >= 4 is 18.4 Å². The van der Waals surface area contributed by atoms with Gasteiger partial charge in [-0.15, -0.1) is 0 Å². The lowest BCUT2D eigenvalue weighted by molar-refractivity contribution is 0.117. The van der Waals surface area contributed by atoms with Crippen LogP contribution in [-0.2, 0) is 25.1 Å². The fraction of sp³-hybridized carbons (Fsp3) is 0.522. The van der Waals surface area contributed by atoms with Gasteiger partial charge in [0.2, 0.25) is 0 Å². The lowest BCUT2D eigenvalue weighted by Gasteiger charge is -2.37. The van der Waals surface area contributed by atoms with Crippen LogP contribution in [0.3, 0.4) is 0 Å². The van der Waals surface area contributed by atoms with Crippen molar-refractivity contribution in [3.05, 3.63) is 59.4 Å². The standard InChI is InChI=1S/C23H33NO4SSi/c1-5-30(6-2,7-3)28-22-16-19(15-20-9-8-14-24-23(20)22)17-27-29(25,26)21-12-10-18(4)11-13-21/h8-14,19,22H,5-7,15-17H2,1-4H3. The summed E-state index contributed by atoms with van der Waals surface area (Å²) in [5.41, 5.74) is 3.17. The average Bonchev–Trinajstić information content (AvgIpc) is 2.76. The van der Waals surface area contributed by atoms with Crippen molar-refractivity contribution in [3.63, 3.8) is 0 Å². The van der Waals surface area contributed by atoms with Crippen LogP contribution in [0.2, 0.25) is 18.1 Å². The SMILES string of the molecule is CC[Si](CC)(CC)OC1CC(COS(=O)(=O)c2ccc(C)cc2)Cc2cccnc21. The molecule has 0 aliphatic heterocycles. The smallest absolute Gasteiger partial charge is 0.296 e. The highest BCUT2D eigenvalue weighted by atomic mass is 32.2. The van der Waals surface area contributed by atoms with Crippen molar-refractivity contribution in [2.75, 3.05) is 6.61 Å². The highest BCUT2D eigenvalue weighted by Crippen LogP contribution is 2.39. The summed E-state index contributed by atoms with van der Waals surface area (Å²) >= 11 is 0. The van der Waals surface area contributed by atoms with E-state index in [1.165, 1.54) is 0 Å². The van der Waals surface area contributed by atoms with E-state index in [2.05, 4.69) is 31.8 Å². The molecule has 3 rings (SSSR count). The highest BCUT2D eigenvalue weighted by Gasteiger charge is 2.37. The molecule has 30 heavy (non-hydrogen) atoms. The minimum atomic E-state index is -3.77. The van der Waals surface area contributed by atoms with E-state index >= 15 is 0 Å². The molecule has 7 heteroatoms. The monoisotopic (exact) mass is 447 g/mol. The second kappa shape index (κ2) is 9.72. The van der Waals surface area contributed by atoms with Gasteiger partial charge in [0, 0.05) is 6.20 Å². The number of fused-ring (bicyclic) bond motifs is 1. The second-order valence-electron chi connectivity index (χ2n) is 8.26. The summed E-state index contributed by atoms with van der Waals surface area (Å²) in [7, 11) is -5.59. The Labute approximate surface area is 182 Å². The van der Waals surface area contributed by atoms with E-state index in [0.29, 0.717) is 0 Å². The molecule has 1 aromatic heterocycles. The molecule has 1 aliphatic rings. The topological polar surface area (TPSA) is 65.5 Å². The third-order valence-electron chi connectivity index (χ3n) is 6.38. The van der Waals surface area contributed by atoms with Gasteiger partial charge in [0.05, 0.1) is 23.3 Å². The predicted molar refractivity (Wildman–Crippen MR) is 121 cm³/mol. The van der Waals surface area contributed by atoms with Gasteiger partial charge in [0.25, 0.3) is 10.1 Å². The molecular formula is C23H33NO4SSi. The number of benzene rings is 1. The summed E-state index contributed by atoms with van der Waals surface area (Å²) in [6, 6.07) is 14.0. The van der Waals surface area contributed by atoms with Crippen LogP contribution in [0.15, 0.2) is 47.5 Å². The van der Waals surface area contributed by atoms with Crippen molar-refractivity contribution in [1.29, 1.82) is 0 Å².